The molecule has 1 unspecified atom stereocenters. The molecule has 2 aliphatic carbocycles. The maximum atomic E-state index is 6.34. The minimum absolute atomic E-state index is 0.114. The Labute approximate surface area is 119 Å². The summed E-state index contributed by atoms with van der Waals surface area (Å²) in [5.74, 6) is 0.969. The van der Waals surface area contributed by atoms with Crippen molar-refractivity contribution in [1.29, 1.82) is 0 Å². The molecule has 0 aromatic heterocycles. The number of ether oxygens (including phenoxy) is 1. The fraction of sp³-hybridized carbons (Fsp3) is 1.00. The molecule has 0 bridgehead atoms. The molecule has 2 heteroatoms. The van der Waals surface area contributed by atoms with E-state index in [4.69, 9.17) is 4.74 Å². The van der Waals surface area contributed by atoms with Gasteiger partial charge in [-0.3, -0.25) is 0 Å². The zero-order valence-electron chi connectivity index (χ0n) is 13.4. The number of likely N-dealkylation sites (N-methyl/N-ethyl adjacent to an activating group) is 1. The molecule has 2 nitrogen and oxygen atoms in total. The van der Waals surface area contributed by atoms with Crippen LogP contribution in [0.25, 0.3) is 0 Å². The summed E-state index contributed by atoms with van der Waals surface area (Å²) in [5, 5.41) is 3.75. The molecule has 2 saturated carbocycles. The van der Waals surface area contributed by atoms with Gasteiger partial charge in [-0.05, 0) is 56.9 Å². The summed E-state index contributed by atoms with van der Waals surface area (Å²) in [4.78, 5) is 0. The predicted octanol–water partition coefficient (Wildman–Crippen LogP) is 4.14. The van der Waals surface area contributed by atoms with E-state index in [2.05, 4.69) is 33.0 Å². The van der Waals surface area contributed by atoms with E-state index in [1.807, 2.05) is 0 Å². The van der Waals surface area contributed by atoms with Gasteiger partial charge in [0.2, 0.25) is 0 Å². The molecule has 2 fully saturated rings. The van der Waals surface area contributed by atoms with E-state index in [9.17, 15) is 0 Å². The van der Waals surface area contributed by atoms with E-state index in [0.29, 0.717) is 11.5 Å². The summed E-state index contributed by atoms with van der Waals surface area (Å²) in [6.45, 7) is 11.1. The highest BCUT2D eigenvalue weighted by Crippen LogP contribution is 2.46. The molecule has 1 atom stereocenters. The van der Waals surface area contributed by atoms with Gasteiger partial charge in [-0.15, -0.1) is 0 Å². The van der Waals surface area contributed by atoms with E-state index in [0.717, 1.165) is 19.1 Å². The Bertz CT molecular complexity index is 273. The number of hydrogen-bond acceptors (Lipinski definition) is 2. The zero-order valence-corrected chi connectivity index (χ0v) is 13.4. The molecule has 0 radical (unpaired) electrons. The first kappa shape index (κ1) is 15.3. The highest BCUT2D eigenvalue weighted by atomic mass is 16.5. The van der Waals surface area contributed by atoms with Gasteiger partial charge < -0.3 is 10.1 Å². The topological polar surface area (TPSA) is 21.3 Å². The van der Waals surface area contributed by atoms with Gasteiger partial charge in [0.25, 0.3) is 0 Å². The van der Waals surface area contributed by atoms with Gasteiger partial charge in [0, 0.05) is 12.6 Å². The number of hydrogen-bond donors (Lipinski definition) is 1. The SMILES string of the molecule is CCNC(CC1CC1)C1(OCC)CCC(C)(C)CC1. The molecule has 0 heterocycles. The average Bonchev–Trinajstić information content (AvgIpc) is 3.16. The lowest BCUT2D eigenvalue weighted by molar-refractivity contribution is -0.108. The standard InChI is InChI=1S/C17H33NO/c1-5-18-15(13-14-7-8-14)17(19-6-2)11-9-16(3,4)10-12-17/h14-15,18H,5-13H2,1-4H3. The number of rotatable bonds is 7. The molecule has 0 spiro atoms. The Hall–Kier alpha value is -0.0800. The second kappa shape index (κ2) is 6.13. The Balaban J connectivity index is 2.06. The van der Waals surface area contributed by atoms with Crippen LogP contribution in [0.2, 0.25) is 0 Å². The maximum Gasteiger partial charge on any atom is 0.0835 e. The van der Waals surface area contributed by atoms with Crippen molar-refractivity contribution >= 4 is 0 Å². The Morgan fingerprint density at radius 1 is 1.11 bits per heavy atom. The fourth-order valence-electron chi connectivity index (χ4n) is 3.65. The first-order valence-electron chi connectivity index (χ1n) is 8.39. The lowest BCUT2D eigenvalue weighted by atomic mass is 9.67. The summed E-state index contributed by atoms with van der Waals surface area (Å²) in [5.41, 5.74) is 0.625. The van der Waals surface area contributed by atoms with E-state index < -0.39 is 0 Å². The molecule has 0 aliphatic heterocycles. The minimum atomic E-state index is 0.114. The average molecular weight is 267 g/mol. The van der Waals surface area contributed by atoms with Crippen LogP contribution in [0, 0.1) is 11.3 Å². The van der Waals surface area contributed by atoms with Crippen LogP contribution < -0.4 is 5.32 Å². The normalized spacial score (nSPS) is 27.2. The third-order valence-electron chi connectivity index (χ3n) is 5.23. The quantitative estimate of drug-likeness (QED) is 0.748. The summed E-state index contributed by atoms with van der Waals surface area (Å²) in [6.07, 6.45) is 9.29. The summed E-state index contributed by atoms with van der Waals surface area (Å²) in [7, 11) is 0. The molecule has 0 saturated heterocycles. The molecule has 19 heavy (non-hydrogen) atoms. The van der Waals surface area contributed by atoms with E-state index >= 15 is 0 Å². The Morgan fingerprint density at radius 2 is 1.74 bits per heavy atom. The summed E-state index contributed by atoms with van der Waals surface area (Å²) in [6, 6.07) is 0.570. The van der Waals surface area contributed by atoms with Crippen molar-refractivity contribution in [3.63, 3.8) is 0 Å². The van der Waals surface area contributed by atoms with Crippen molar-refractivity contribution in [1.82, 2.24) is 5.32 Å². The molecule has 112 valence electrons. The summed E-state index contributed by atoms with van der Waals surface area (Å²) < 4.78 is 6.34. The maximum absolute atomic E-state index is 6.34. The van der Waals surface area contributed by atoms with Gasteiger partial charge in [0.15, 0.2) is 0 Å². The van der Waals surface area contributed by atoms with Crippen LogP contribution in [0.15, 0.2) is 0 Å². The predicted molar refractivity (Wildman–Crippen MR) is 81.4 cm³/mol. The Morgan fingerprint density at radius 3 is 2.21 bits per heavy atom. The van der Waals surface area contributed by atoms with Crippen molar-refractivity contribution < 1.29 is 4.74 Å². The van der Waals surface area contributed by atoms with E-state index in [1.54, 1.807) is 0 Å². The van der Waals surface area contributed by atoms with Crippen molar-refractivity contribution in [3.05, 3.63) is 0 Å². The van der Waals surface area contributed by atoms with E-state index in [1.165, 1.54) is 44.9 Å². The van der Waals surface area contributed by atoms with Crippen LogP contribution in [0.1, 0.15) is 72.6 Å². The van der Waals surface area contributed by atoms with Gasteiger partial charge in [-0.1, -0.05) is 33.6 Å². The zero-order chi connectivity index (χ0) is 13.9. The number of nitrogens with one attached hydrogen (secondary N) is 1. The Kier molecular flexibility index (Phi) is 4.94. The smallest absolute Gasteiger partial charge is 0.0835 e. The van der Waals surface area contributed by atoms with Crippen LogP contribution in [-0.4, -0.2) is 24.8 Å². The van der Waals surface area contributed by atoms with Crippen LogP contribution in [-0.2, 0) is 4.74 Å². The highest BCUT2D eigenvalue weighted by molar-refractivity contribution is 5.00. The molecular weight excluding hydrogens is 234 g/mol. The van der Waals surface area contributed by atoms with Gasteiger partial charge in [0.05, 0.1) is 5.60 Å². The van der Waals surface area contributed by atoms with Crippen LogP contribution in [0.5, 0.6) is 0 Å². The fourth-order valence-corrected chi connectivity index (χ4v) is 3.65. The van der Waals surface area contributed by atoms with Gasteiger partial charge >= 0.3 is 0 Å². The van der Waals surface area contributed by atoms with Gasteiger partial charge in [0.1, 0.15) is 0 Å². The molecule has 2 rings (SSSR count). The van der Waals surface area contributed by atoms with Crippen molar-refractivity contribution in [2.24, 2.45) is 11.3 Å². The third-order valence-corrected chi connectivity index (χ3v) is 5.23. The van der Waals surface area contributed by atoms with Gasteiger partial charge in [-0.2, -0.15) is 0 Å². The van der Waals surface area contributed by atoms with Crippen LogP contribution in [0.4, 0.5) is 0 Å². The van der Waals surface area contributed by atoms with E-state index in [-0.39, 0.29) is 5.60 Å². The monoisotopic (exact) mass is 267 g/mol. The molecular formula is C17H33NO. The molecule has 0 aromatic carbocycles. The third kappa shape index (κ3) is 3.95. The van der Waals surface area contributed by atoms with Gasteiger partial charge in [-0.25, -0.2) is 0 Å². The second-order valence-electron chi connectivity index (χ2n) is 7.45. The highest BCUT2D eigenvalue weighted by Gasteiger charge is 2.45. The van der Waals surface area contributed by atoms with Crippen molar-refractivity contribution in [2.45, 2.75) is 84.3 Å². The lowest BCUT2D eigenvalue weighted by Gasteiger charge is -2.48. The van der Waals surface area contributed by atoms with Crippen LogP contribution >= 0.6 is 0 Å². The minimum Gasteiger partial charge on any atom is -0.374 e. The molecule has 0 aromatic rings. The lowest BCUT2D eigenvalue weighted by Crippen LogP contribution is -2.55. The van der Waals surface area contributed by atoms with Crippen LogP contribution in [0.3, 0.4) is 0 Å². The largest absolute Gasteiger partial charge is 0.374 e. The first-order valence-corrected chi connectivity index (χ1v) is 8.39. The molecule has 1 N–H and O–H groups in total. The molecule has 2 aliphatic rings. The van der Waals surface area contributed by atoms with Crippen molar-refractivity contribution in [2.75, 3.05) is 13.2 Å². The summed E-state index contributed by atoms with van der Waals surface area (Å²) >= 11 is 0. The molecule has 0 amide bonds. The van der Waals surface area contributed by atoms with Crippen molar-refractivity contribution in [3.8, 4) is 0 Å². The second-order valence-corrected chi connectivity index (χ2v) is 7.45. The first-order chi connectivity index (χ1) is 9.01.